The van der Waals surface area contributed by atoms with Crippen LogP contribution in [0.2, 0.25) is 0 Å². The van der Waals surface area contributed by atoms with Crippen molar-refractivity contribution in [3.8, 4) is 0 Å². The normalized spacial score (nSPS) is 15.3. The Bertz CT molecular complexity index is 1400. The van der Waals surface area contributed by atoms with Crippen LogP contribution in [0.4, 0.5) is 29.5 Å². The summed E-state index contributed by atoms with van der Waals surface area (Å²) in [6, 6.07) is 8.89. The first kappa shape index (κ1) is 27.2. The number of halogens is 3. The second kappa shape index (κ2) is 10.2. The van der Waals surface area contributed by atoms with Gasteiger partial charge >= 0.3 is 12.3 Å². The maximum absolute atomic E-state index is 13.3. The average molecular weight is 528 g/mol. The van der Waals surface area contributed by atoms with Crippen molar-refractivity contribution in [1.29, 1.82) is 0 Å². The third kappa shape index (κ3) is 6.35. The van der Waals surface area contributed by atoms with Crippen LogP contribution in [-0.4, -0.2) is 39.7 Å². The van der Waals surface area contributed by atoms with Crippen LogP contribution in [0.3, 0.4) is 0 Å². The molecule has 2 heterocycles. The van der Waals surface area contributed by atoms with Crippen LogP contribution < -0.4 is 11.1 Å². The molecular formula is C28H32F3N5O2. The molecule has 0 saturated carbocycles. The van der Waals surface area contributed by atoms with E-state index in [4.69, 9.17) is 10.5 Å². The fourth-order valence-electron chi connectivity index (χ4n) is 4.36. The zero-order valence-corrected chi connectivity index (χ0v) is 22.1. The number of nitrogens with one attached hydrogen (secondary N) is 1. The van der Waals surface area contributed by atoms with E-state index in [9.17, 15) is 18.0 Å². The van der Waals surface area contributed by atoms with Crippen molar-refractivity contribution in [2.75, 3.05) is 24.1 Å². The number of rotatable bonds is 4. The third-order valence-electron chi connectivity index (χ3n) is 6.20. The van der Waals surface area contributed by atoms with E-state index in [1.807, 2.05) is 45.0 Å². The van der Waals surface area contributed by atoms with Gasteiger partial charge in [-0.2, -0.15) is 13.2 Å². The molecule has 0 radical (unpaired) electrons. The van der Waals surface area contributed by atoms with Gasteiger partial charge in [-0.1, -0.05) is 12.1 Å². The maximum atomic E-state index is 13.3. The van der Waals surface area contributed by atoms with Gasteiger partial charge in [0.25, 0.3) is 0 Å². The highest BCUT2D eigenvalue weighted by Crippen LogP contribution is 2.34. The number of alkyl halides is 3. The molecule has 0 aliphatic carbocycles. The minimum atomic E-state index is -4.50. The number of fused-ring (bicyclic) bond motifs is 1. The van der Waals surface area contributed by atoms with Crippen LogP contribution in [0.1, 0.15) is 62.7 Å². The largest absolute Gasteiger partial charge is 0.444 e. The molecule has 2 aromatic carbocycles. The Balaban J connectivity index is 1.61. The second-order valence-electron chi connectivity index (χ2n) is 10.5. The number of carbonyl (C=O) groups is 1. The summed E-state index contributed by atoms with van der Waals surface area (Å²) in [4.78, 5) is 23.1. The van der Waals surface area contributed by atoms with Crippen LogP contribution >= 0.6 is 0 Å². The smallest absolute Gasteiger partial charge is 0.416 e. The molecule has 7 nitrogen and oxygen atoms in total. The van der Waals surface area contributed by atoms with E-state index in [2.05, 4.69) is 15.3 Å². The number of aromatic nitrogens is 2. The second-order valence-corrected chi connectivity index (χ2v) is 10.5. The molecule has 0 unspecified atom stereocenters. The van der Waals surface area contributed by atoms with Crippen LogP contribution in [0.15, 0.2) is 42.5 Å². The Morgan fingerprint density at radius 3 is 2.50 bits per heavy atom. The van der Waals surface area contributed by atoms with Crippen molar-refractivity contribution >= 4 is 34.1 Å². The van der Waals surface area contributed by atoms with E-state index in [0.29, 0.717) is 42.2 Å². The summed E-state index contributed by atoms with van der Waals surface area (Å²) in [7, 11) is 0. The summed E-state index contributed by atoms with van der Waals surface area (Å²) in [5.74, 6) is 1.05. The first-order valence-electron chi connectivity index (χ1n) is 12.4. The van der Waals surface area contributed by atoms with Gasteiger partial charge in [0.2, 0.25) is 0 Å². The number of hydrogen-bond donors (Lipinski definition) is 2. The minimum Gasteiger partial charge on any atom is -0.444 e. The van der Waals surface area contributed by atoms with E-state index < -0.39 is 23.4 Å². The number of nitrogens with zero attached hydrogens (tertiary/aromatic N) is 3. The average Bonchev–Trinajstić information content (AvgIpc) is 2.82. The molecule has 1 aliphatic rings. The molecule has 10 heteroatoms. The van der Waals surface area contributed by atoms with Crippen LogP contribution in [0, 0.1) is 6.92 Å². The summed E-state index contributed by atoms with van der Waals surface area (Å²) < 4.78 is 45.5. The number of aryl methyl sites for hydroxylation is 1. The van der Waals surface area contributed by atoms with Gasteiger partial charge in [-0.25, -0.2) is 14.8 Å². The zero-order chi connectivity index (χ0) is 27.8. The van der Waals surface area contributed by atoms with E-state index in [-0.39, 0.29) is 11.8 Å². The Morgan fingerprint density at radius 2 is 1.87 bits per heavy atom. The molecule has 0 fully saturated rings. The van der Waals surface area contributed by atoms with Crippen molar-refractivity contribution in [2.45, 2.75) is 58.9 Å². The lowest BCUT2D eigenvalue weighted by molar-refractivity contribution is -0.137. The van der Waals surface area contributed by atoms with Gasteiger partial charge in [0.05, 0.1) is 17.1 Å². The summed E-state index contributed by atoms with van der Waals surface area (Å²) in [6.45, 7) is 10.0. The van der Waals surface area contributed by atoms with Gasteiger partial charge in [-0.3, -0.25) is 0 Å². The first-order valence-corrected chi connectivity index (χ1v) is 12.4. The minimum absolute atomic E-state index is 0.0409. The number of nitrogens with two attached hydrogens (primary N) is 1. The number of anilines is 2. The molecule has 3 N–H and O–H groups in total. The molecule has 3 aromatic rings. The van der Waals surface area contributed by atoms with Crippen LogP contribution in [0.25, 0.3) is 16.5 Å². The number of amides is 1. The number of nitrogen functional groups attached to an aromatic ring is 1. The molecule has 1 atom stereocenters. The van der Waals surface area contributed by atoms with E-state index >= 15 is 0 Å². The molecule has 0 bridgehead atoms. The molecule has 202 valence electrons. The first-order chi connectivity index (χ1) is 17.7. The van der Waals surface area contributed by atoms with Crippen molar-refractivity contribution in [1.82, 2.24) is 14.9 Å². The van der Waals surface area contributed by atoms with E-state index in [1.165, 1.54) is 6.07 Å². The lowest BCUT2D eigenvalue weighted by atomic mass is 9.98. The molecular weight excluding hydrogens is 495 g/mol. The summed E-state index contributed by atoms with van der Waals surface area (Å²) in [5.41, 5.74) is 7.62. The highest BCUT2D eigenvalue weighted by Gasteiger charge is 2.31. The lowest BCUT2D eigenvalue weighted by Gasteiger charge is -2.29. The van der Waals surface area contributed by atoms with Crippen LogP contribution in [-0.2, 0) is 10.9 Å². The van der Waals surface area contributed by atoms with Gasteiger partial charge in [0.1, 0.15) is 17.2 Å². The van der Waals surface area contributed by atoms with Gasteiger partial charge in [0.15, 0.2) is 0 Å². The van der Waals surface area contributed by atoms with Crippen molar-refractivity contribution in [3.05, 3.63) is 65.0 Å². The fourth-order valence-corrected chi connectivity index (χ4v) is 4.36. The standard InChI is InChI=1S/C28H32F3N5O2/c1-16(20-12-21(28(29,30)31)15-22(32)13-20)33-25-23-14-19(6-7-24(23)34-17(2)35-25)18-8-10-36(11-9-18)26(37)38-27(3,4)5/h6-8,12-16H,9-11,32H2,1-5H3,(H,33,34,35)/t16-/m1/s1. The van der Waals surface area contributed by atoms with Crippen molar-refractivity contribution in [2.24, 2.45) is 0 Å². The summed E-state index contributed by atoms with van der Waals surface area (Å²) in [5, 5.41) is 4.00. The third-order valence-corrected chi connectivity index (χ3v) is 6.20. The molecule has 1 amide bonds. The Labute approximate surface area is 219 Å². The van der Waals surface area contributed by atoms with Gasteiger partial charge in [-0.05, 0) is 88.1 Å². The van der Waals surface area contributed by atoms with Gasteiger partial charge in [0, 0.05) is 24.2 Å². The molecule has 0 spiro atoms. The Hall–Kier alpha value is -3.82. The fraction of sp³-hybridized carbons (Fsp3) is 0.393. The van der Waals surface area contributed by atoms with Gasteiger partial charge in [-0.15, -0.1) is 0 Å². The molecule has 38 heavy (non-hydrogen) atoms. The number of carbonyl (C=O) groups excluding carboxylic acids is 1. The van der Waals surface area contributed by atoms with Crippen LogP contribution in [0.5, 0.6) is 0 Å². The molecule has 1 aromatic heterocycles. The Morgan fingerprint density at radius 1 is 1.13 bits per heavy atom. The van der Waals surface area contributed by atoms with Gasteiger partial charge < -0.3 is 20.7 Å². The molecule has 0 saturated heterocycles. The molecule has 1 aliphatic heterocycles. The van der Waals surface area contributed by atoms with Crippen molar-refractivity contribution < 1.29 is 22.7 Å². The van der Waals surface area contributed by atoms with E-state index in [1.54, 1.807) is 18.7 Å². The topological polar surface area (TPSA) is 93.4 Å². The quantitative estimate of drug-likeness (QED) is 0.365. The SMILES string of the molecule is Cc1nc(N[C@H](C)c2cc(N)cc(C(F)(F)F)c2)c2cc(C3=CCN(C(=O)OC(C)(C)C)CC3)ccc2n1. The number of benzene rings is 2. The number of hydrogen-bond acceptors (Lipinski definition) is 6. The monoisotopic (exact) mass is 527 g/mol. The highest BCUT2D eigenvalue weighted by atomic mass is 19.4. The summed E-state index contributed by atoms with van der Waals surface area (Å²) in [6.07, 6.45) is -2.18. The summed E-state index contributed by atoms with van der Waals surface area (Å²) >= 11 is 0. The lowest BCUT2D eigenvalue weighted by Crippen LogP contribution is -2.39. The van der Waals surface area contributed by atoms with Crippen molar-refractivity contribution in [3.63, 3.8) is 0 Å². The Kier molecular flexibility index (Phi) is 7.27. The highest BCUT2D eigenvalue weighted by molar-refractivity contribution is 5.92. The van der Waals surface area contributed by atoms with E-state index in [0.717, 1.165) is 28.7 Å². The predicted octanol–water partition coefficient (Wildman–Crippen LogP) is 6.74. The maximum Gasteiger partial charge on any atom is 0.416 e. The molecule has 4 rings (SSSR count). The predicted molar refractivity (Wildman–Crippen MR) is 143 cm³/mol. The zero-order valence-electron chi connectivity index (χ0n) is 22.1. The number of ether oxygens (including phenoxy) is 1.